The number of pyridine rings is 1. The van der Waals surface area contributed by atoms with Gasteiger partial charge >= 0.3 is 0 Å². The quantitative estimate of drug-likeness (QED) is 0.680. The fourth-order valence-electron chi connectivity index (χ4n) is 2.77. The summed E-state index contributed by atoms with van der Waals surface area (Å²) in [7, 11) is 0. The summed E-state index contributed by atoms with van der Waals surface area (Å²) in [5.74, 6) is 0.809. The highest BCUT2D eigenvalue weighted by molar-refractivity contribution is 5.79. The number of aromatic nitrogens is 1. The van der Waals surface area contributed by atoms with E-state index in [0.29, 0.717) is 13.0 Å². The second kappa shape index (κ2) is 8.99. The molecule has 1 heterocycles. The first-order chi connectivity index (χ1) is 13.1. The number of amides is 1. The van der Waals surface area contributed by atoms with E-state index in [2.05, 4.69) is 10.3 Å². The van der Waals surface area contributed by atoms with Gasteiger partial charge in [0, 0.05) is 18.0 Å². The Morgan fingerprint density at radius 1 is 1.04 bits per heavy atom. The number of rotatable bonds is 7. The Hall–Kier alpha value is -3.14. The van der Waals surface area contributed by atoms with E-state index in [0.717, 1.165) is 22.4 Å². The van der Waals surface area contributed by atoms with Gasteiger partial charge in [0.05, 0.1) is 12.5 Å². The Labute approximate surface area is 160 Å². The lowest BCUT2D eigenvalue weighted by Crippen LogP contribution is -2.28. The fraction of sp³-hybridized carbons (Fsp3) is 0.217. The first-order valence-corrected chi connectivity index (χ1v) is 9.07. The molecule has 0 fully saturated rings. The molecule has 3 aromatic rings. The Kier molecular flexibility index (Phi) is 6.21. The van der Waals surface area contributed by atoms with E-state index in [-0.39, 0.29) is 11.9 Å². The molecule has 0 unspecified atom stereocenters. The van der Waals surface area contributed by atoms with Gasteiger partial charge in [-0.25, -0.2) is 0 Å². The predicted molar refractivity (Wildman–Crippen MR) is 106 cm³/mol. The second-order valence-electron chi connectivity index (χ2n) is 6.67. The van der Waals surface area contributed by atoms with Crippen molar-refractivity contribution in [1.82, 2.24) is 10.3 Å². The molecule has 0 spiro atoms. The molecule has 0 saturated heterocycles. The van der Waals surface area contributed by atoms with Gasteiger partial charge in [-0.15, -0.1) is 0 Å². The molecule has 0 aliphatic heterocycles. The number of hydrogen-bond donors (Lipinski definition) is 1. The average molecular weight is 360 g/mol. The van der Waals surface area contributed by atoms with Gasteiger partial charge in [-0.2, -0.15) is 0 Å². The van der Waals surface area contributed by atoms with Crippen LogP contribution in [0.15, 0.2) is 73.1 Å². The molecule has 2 aromatic carbocycles. The third kappa shape index (κ3) is 5.68. The van der Waals surface area contributed by atoms with Gasteiger partial charge in [0.1, 0.15) is 12.4 Å². The van der Waals surface area contributed by atoms with Crippen LogP contribution in [0.5, 0.6) is 5.75 Å². The van der Waals surface area contributed by atoms with Crippen LogP contribution in [-0.4, -0.2) is 10.9 Å². The van der Waals surface area contributed by atoms with E-state index in [9.17, 15) is 4.79 Å². The van der Waals surface area contributed by atoms with Gasteiger partial charge in [0.2, 0.25) is 5.91 Å². The molecule has 1 atom stereocenters. The van der Waals surface area contributed by atoms with Crippen molar-refractivity contribution in [3.63, 3.8) is 0 Å². The van der Waals surface area contributed by atoms with E-state index in [1.165, 1.54) is 5.56 Å². The molecule has 138 valence electrons. The summed E-state index contributed by atoms with van der Waals surface area (Å²) in [6.07, 6.45) is 3.92. The minimum atomic E-state index is -0.0599. The Balaban J connectivity index is 1.51. The van der Waals surface area contributed by atoms with Gasteiger partial charge in [-0.3, -0.25) is 9.78 Å². The van der Waals surface area contributed by atoms with E-state index in [1.807, 2.05) is 74.5 Å². The van der Waals surface area contributed by atoms with Crippen LogP contribution in [0.25, 0.3) is 0 Å². The van der Waals surface area contributed by atoms with Crippen molar-refractivity contribution < 1.29 is 9.53 Å². The molecule has 0 bridgehead atoms. The molecule has 27 heavy (non-hydrogen) atoms. The van der Waals surface area contributed by atoms with Gasteiger partial charge < -0.3 is 10.1 Å². The highest BCUT2D eigenvalue weighted by Crippen LogP contribution is 2.19. The van der Waals surface area contributed by atoms with E-state index in [4.69, 9.17) is 4.74 Å². The second-order valence-corrected chi connectivity index (χ2v) is 6.67. The summed E-state index contributed by atoms with van der Waals surface area (Å²) in [5, 5.41) is 3.05. The van der Waals surface area contributed by atoms with E-state index in [1.54, 1.807) is 12.4 Å². The summed E-state index contributed by atoms with van der Waals surface area (Å²) in [4.78, 5) is 16.3. The van der Waals surface area contributed by atoms with Gasteiger partial charge in [-0.1, -0.05) is 48.0 Å². The summed E-state index contributed by atoms with van der Waals surface area (Å²) in [5.41, 5.74) is 4.28. The van der Waals surface area contributed by atoms with Crippen molar-refractivity contribution in [1.29, 1.82) is 0 Å². The minimum Gasteiger partial charge on any atom is -0.489 e. The lowest BCUT2D eigenvalue weighted by molar-refractivity contribution is -0.121. The van der Waals surface area contributed by atoms with E-state index < -0.39 is 0 Å². The summed E-state index contributed by atoms with van der Waals surface area (Å²) >= 11 is 0. The monoisotopic (exact) mass is 360 g/mol. The molecule has 1 amide bonds. The van der Waals surface area contributed by atoms with Crippen LogP contribution in [0.2, 0.25) is 0 Å². The van der Waals surface area contributed by atoms with Gasteiger partial charge in [-0.05, 0) is 43.2 Å². The molecule has 0 aliphatic rings. The van der Waals surface area contributed by atoms with Crippen molar-refractivity contribution in [2.75, 3.05) is 0 Å². The average Bonchev–Trinajstić information content (AvgIpc) is 2.69. The minimum absolute atomic E-state index is 0.0169. The zero-order valence-corrected chi connectivity index (χ0v) is 15.7. The standard InChI is InChI=1S/C23H24N2O2/c1-17-5-7-19(8-6-17)14-23(26)25-18(2)21-9-11-22(12-10-21)27-16-20-4-3-13-24-15-20/h3-13,15,18H,14,16H2,1-2H3,(H,25,26)/t18-/m1/s1. The van der Waals surface area contributed by atoms with Crippen molar-refractivity contribution in [2.45, 2.75) is 32.9 Å². The van der Waals surface area contributed by atoms with Crippen molar-refractivity contribution in [3.05, 3.63) is 95.3 Å². The molecule has 1 N–H and O–H groups in total. The molecule has 3 rings (SSSR count). The normalized spacial score (nSPS) is 11.6. The molecule has 4 nitrogen and oxygen atoms in total. The van der Waals surface area contributed by atoms with Gasteiger partial charge in [0.25, 0.3) is 0 Å². The van der Waals surface area contributed by atoms with Crippen molar-refractivity contribution in [2.24, 2.45) is 0 Å². The van der Waals surface area contributed by atoms with Crippen LogP contribution in [0.4, 0.5) is 0 Å². The third-order valence-corrected chi connectivity index (χ3v) is 4.37. The summed E-state index contributed by atoms with van der Waals surface area (Å²) in [6, 6.07) is 19.7. The van der Waals surface area contributed by atoms with Crippen LogP contribution in [-0.2, 0) is 17.8 Å². The van der Waals surface area contributed by atoms with Crippen LogP contribution < -0.4 is 10.1 Å². The number of nitrogens with one attached hydrogen (secondary N) is 1. The van der Waals surface area contributed by atoms with E-state index >= 15 is 0 Å². The number of ether oxygens (including phenoxy) is 1. The number of nitrogens with zero attached hydrogens (tertiary/aromatic N) is 1. The van der Waals surface area contributed by atoms with Crippen LogP contribution in [0, 0.1) is 6.92 Å². The molecular weight excluding hydrogens is 336 g/mol. The van der Waals surface area contributed by atoms with Crippen molar-refractivity contribution in [3.8, 4) is 5.75 Å². The Bertz CT molecular complexity index is 859. The maximum atomic E-state index is 12.3. The van der Waals surface area contributed by atoms with Crippen molar-refractivity contribution >= 4 is 5.91 Å². The first-order valence-electron chi connectivity index (χ1n) is 9.07. The lowest BCUT2D eigenvalue weighted by Gasteiger charge is -2.15. The largest absolute Gasteiger partial charge is 0.489 e. The fourth-order valence-corrected chi connectivity index (χ4v) is 2.77. The number of benzene rings is 2. The summed E-state index contributed by atoms with van der Waals surface area (Å²) < 4.78 is 5.77. The molecule has 1 aromatic heterocycles. The smallest absolute Gasteiger partial charge is 0.224 e. The number of carbonyl (C=O) groups is 1. The summed E-state index contributed by atoms with van der Waals surface area (Å²) in [6.45, 7) is 4.50. The lowest BCUT2D eigenvalue weighted by atomic mass is 10.1. The van der Waals surface area contributed by atoms with Gasteiger partial charge in [0.15, 0.2) is 0 Å². The Morgan fingerprint density at radius 3 is 2.44 bits per heavy atom. The zero-order chi connectivity index (χ0) is 19.1. The molecule has 0 saturated carbocycles. The highest BCUT2D eigenvalue weighted by atomic mass is 16.5. The molecule has 4 heteroatoms. The Morgan fingerprint density at radius 2 is 1.78 bits per heavy atom. The van der Waals surface area contributed by atoms with Crippen LogP contribution >= 0.6 is 0 Å². The molecule has 0 radical (unpaired) electrons. The molecular formula is C23H24N2O2. The number of aryl methyl sites for hydroxylation is 1. The number of carbonyl (C=O) groups excluding carboxylic acids is 1. The highest BCUT2D eigenvalue weighted by Gasteiger charge is 2.10. The zero-order valence-electron chi connectivity index (χ0n) is 15.7. The molecule has 0 aliphatic carbocycles. The first kappa shape index (κ1) is 18.6. The maximum absolute atomic E-state index is 12.3. The maximum Gasteiger partial charge on any atom is 0.224 e. The SMILES string of the molecule is Cc1ccc(CC(=O)N[C@H](C)c2ccc(OCc3cccnc3)cc2)cc1. The number of hydrogen-bond acceptors (Lipinski definition) is 3. The third-order valence-electron chi connectivity index (χ3n) is 4.37. The van der Waals surface area contributed by atoms with Crippen LogP contribution in [0.3, 0.4) is 0 Å². The topological polar surface area (TPSA) is 51.2 Å². The van der Waals surface area contributed by atoms with Crippen LogP contribution in [0.1, 0.15) is 35.2 Å². The predicted octanol–water partition coefficient (Wildman–Crippen LogP) is 4.39.